The number of carboxylic acid groups (broad SMARTS) is 1. The van der Waals surface area contributed by atoms with E-state index in [1.807, 2.05) is 26.0 Å². The van der Waals surface area contributed by atoms with E-state index >= 15 is 0 Å². The predicted molar refractivity (Wildman–Crippen MR) is 79.8 cm³/mol. The average Bonchev–Trinajstić information content (AvgIpc) is 2.65. The smallest absolute Gasteiger partial charge is 0.415 e. The number of nitrogens with zero attached hydrogens (tertiary/aromatic N) is 1. The van der Waals surface area contributed by atoms with Crippen molar-refractivity contribution in [3.05, 3.63) is 28.8 Å². The number of carbonyl (C=O) groups is 2. The van der Waals surface area contributed by atoms with Crippen molar-refractivity contribution in [1.29, 1.82) is 0 Å². The van der Waals surface area contributed by atoms with Gasteiger partial charge in [-0.2, -0.15) is 0 Å². The molecule has 5 heteroatoms. The Morgan fingerprint density at radius 2 is 1.90 bits per heavy atom. The summed E-state index contributed by atoms with van der Waals surface area (Å²) in [5.41, 5.74) is 2.83. The van der Waals surface area contributed by atoms with Crippen LogP contribution in [0.1, 0.15) is 37.5 Å². The van der Waals surface area contributed by atoms with Crippen LogP contribution in [0.15, 0.2) is 12.1 Å². The highest BCUT2D eigenvalue weighted by Gasteiger charge is 2.41. The molecule has 0 unspecified atom stereocenters. The molecule has 5 nitrogen and oxygen atoms in total. The van der Waals surface area contributed by atoms with Crippen molar-refractivity contribution in [2.75, 3.05) is 4.90 Å². The maximum atomic E-state index is 12.4. The highest BCUT2D eigenvalue weighted by atomic mass is 16.6. The van der Waals surface area contributed by atoms with Gasteiger partial charge in [0, 0.05) is 6.42 Å². The third-order valence-electron chi connectivity index (χ3n) is 3.36. The second-order valence-corrected chi connectivity index (χ2v) is 6.50. The summed E-state index contributed by atoms with van der Waals surface area (Å²) in [5.74, 6) is -1.02. The Kier molecular flexibility index (Phi) is 3.70. The summed E-state index contributed by atoms with van der Waals surface area (Å²) in [5, 5.41) is 9.41. The summed E-state index contributed by atoms with van der Waals surface area (Å²) < 4.78 is 5.37. The van der Waals surface area contributed by atoms with Gasteiger partial charge < -0.3 is 9.84 Å². The lowest BCUT2D eigenvalue weighted by atomic mass is 10.0. The van der Waals surface area contributed by atoms with Gasteiger partial charge in [-0.05, 0) is 45.7 Å². The molecule has 1 aliphatic rings. The summed E-state index contributed by atoms with van der Waals surface area (Å²) in [6.07, 6.45) is -0.299. The number of aliphatic carboxylic acids is 1. The van der Waals surface area contributed by atoms with Gasteiger partial charge in [-0.25, -0.2) is 9.59 Å². The first kappa shape index (κ1) is 15.4. The number of benzene rings is 1. The van der Waals surface area contributed by atoms with Crippen LogP contribution < -0.4 is 4.90 Å². The van der Waals surface area contributed by atoms with Crippen molar-refractivity contribution in [2.45, 2.75) is 52.7 Å². The van der Waals surface area contributed by atoms with Crippen LogP contribution in [-0.4, -0.2) is 28.8 Å². The summed E-state index contributed by atoms with van der Waals surface area (Å²) in [4.78, 5) is 25.2. The molecule has 0 spiro atoms. The number of carboxylic acids is 1. The highest BCUT2D eigenvalue weighted by molar-refractivity contribution is 5.99. The van der Waals surface area contributed by atoms with Gasteiger partial charge in [-0.3, -0.25) is 4.90 Å². The van der Waals surface area contributed by atoms with E-state index < -0.39 is 23.7 Å². The highest BCUT2D eigenvalue weighted by Crippen LogP contribution is 2.37. The summed E-state index contributed by atoms with van der Waals surface area (Å²) in [6, 6.07) is 2.97. The molecule has 1 aromatic rings. The number of anilines is 1. The second-order valence-electron chi connectivity index (χ2n) is 6.50. The number of hydrogen-bond acceptors (Lipinski definition) is 3. The van der Waals surface area contributed by atoms with Gasteiger partial charge in [0.05, 0.1) is 5.69 Å². The maximum Gasteiger partial charge on any atom is 0.415 e. The number of fused-ring (bicyclic) bond motifs is 1. The third-order valence-corrected chi connectivity index (χ3v) is 3.36. The molecule has 21 heavy (non-hydrogen) atoms. The van der Waals surface area contributed by atoms with Crippen LogP contribution >= 0.6 is 0 Å². The molecule has 0 saturated carbocycles. The fraction of sp³-hybridized carbons (Fsp3) is 0.500. The van der Waals surface area contributed by atoms with Crippen LogP contribution in [0, 0.1) is 13.8 Å². The van der Waals surface area contributed by atoms with Crippen molar-refractivity contribution in [3.8, 4) is 0 Å². The molecule has 0 fully saturated rings. The van der Waals surface area contributed by atoms with Gasteiger partial charge in [0.25, 0.3) is 0 Å². The zero-order chi connectivity index (χ0) is 15.9. The van der Waals surface area contributed by atoms with Crippen LogP contribution in [0.3, 0.4) is 0 Å². The minimum atomic E-state index is -1.02. The molecule has 1 heterocycles. The van der Waals surface area contributed by atoms with Crippen molar-refractivity contribution >= 4 is 17.7 Å². The lowest BCUT2D eigenvalue weighted by Gasteiger charge is -2.28. The number of amides is 1. The van der Waals surface area contributed by atoms with Crippen LogP contribution in [0.25, 0.3) is 0 Å². The predicted octanol–water partition coefficient (Wildman–Crippen LogP) is 3.05. The Morgan fingerprint density at radius 1 is 1.29 bits per heavy atom. The lowest BCUT2D eigenvalue weighted by Crippen LogP contribution is -2.45. The number of hydrogen-bond donors (Lipinski definition) is 1. The molecule has 0 aromatic heterocycles. The lowest BCUT2D eigenvalue weighted by molar-refractivity contribution is -0.138. The molecule has 0 saturated heterocycles. The van der Waals surface area contributed by atoms with E-state index in [0.29, 0.717) is 12.1 Å². The first-order valence-corrected chi connectivity index (χ1v) is 6.95. The molecule has 1 N–H and O–H groups in total. The van der Waals surface area contributed by atoms with E-state index in [1.165, 1.54) is 4.90 Å². The Balaban J connectivity index is 2.47. The molecule has 1 aliphatic heterocycles. The Hall–Kier alpha value is -2.04. The van der Waals surface area contributed by atoms with E-state index in [1.54, 1.807) is 20.8 Å². The number of aryl methyl sites for hydroxylation is 2. The van der Waals surface area contributed by atoms with Crippen molar-refractivity contribution in [2.24, 2.45) is 0 Å². The first-order valence-electron chi connectivity index (χ1n) is 6.95. The van der Waals surface area contributed by atoms with Crippen LogP contribution in [-0.2, 0) is 16.0 Å². The van der Waals surface area contributed by atoms with E-state index in [2.05, 4.69) is 0 Å². The average molecular weight is 291 g/mol. The van der Waals surface area contributed by atoms with Crippen molar-refractivity contribution in [1.82, 2.24) is 0 Å². The zero-order valence-corrected chi connectivity index (χ0v) is 13.1. The van der Waals surface area contributed by atoms with Gasteiger partial charge in [0.15, 0.2) is 0 Å². The molecule has 1 amide bonds. The van der Waals surface area contributed by atoms with E-state index in [9.17, 15) is 14.7 Å². The van der Waals surface area contributed by atoms with E-state index in [4.69, 9.17) is 4.74 Å². The van der Waals surface area contributed by atoms with Gasteiger partial charge in [-0.15, -0.1) is 0 Å². The van der Waals surface area contributed by atoms with Crippen LogP contribution in [0.4, 0.5) is 10.5 Å². The first-order chi connectivity index (χ1) is 9.60. The summed E-state index contributed by atoms with van der Waals surface area (Å²) in [6.45, 7) is 9.13. The number of ether oxygens (including phenoxy) is 1. The Morgan fingerprint density at radius 3 is 2.43 bits per heavy atom. The normalized spacial score (nSPS) is 17.6. The monoisotopic (exact) mass is 291 g/mol. The van der Waals surface area contributed by atoms with Crippen LogP contribution in [0.5, 0.6) is 0 Å². The second kappa shape index (κ2) is 5.06. The fourth-order valence-corrected chi connectivity index (χ4v) is 2.73. The Bertz CT molecular complexity index is 601. The minimum absolute atomic E-state index is 0.312. The fourth-order valence-electron chi connectivity index (χ4n) is 2.73. The molecule has 1 aromatic carbocycles. The molecule has 114 valence electrons. The molecule has 0 bridgehead atoms. The SMILES string of the molecule is Cc1cc(C)c2c(c1)C[C@H](C(=O)O)N2C(=O)OC(C)(C)C. The van der Waals surface area contributed by atoms with Gasteiger partial charge in [0.2, 0.25) is 0 Å². The van der Waals surface area contributed by atoms with Gasteiger partial charge in [0.1, 0.15) is 11.6 Å². The molecule has 0 aliphatic carbocycles. The zero-order valence-electron chi connectivity index (χ0n) is 13.1. The Labute approximate surface area is 124 Å². The molecular formula is C16H21NO4. The molecule has 0 radical (unpaired) electrons. The van der Waals surface area contributed by atoms with Gasteiger partial charge >= 0.3 is 12.1 Å². The quantitative estimate of drug-likeness (QED) is 0.863. The number of rotatable bonds is 1. The third kappa shape index (κ3) is 3.01. The largest absolute Gasteiger partial charge is 0.480 e. The molecular weight excluding hydrogens is 270 g/mol. The molecule has 2 rings (SSSR count). The maximum absolute atomic E-state index is 12.4. The topological polar surface area (TPSA) is 66.8 Å². The minimum Gasteiger partial charge on any atom is -0.480 e. The van der Waals surface area contributed by atoms with E-state index in [0.717, 1.165) is 16.7 Å². The standard InChI is InChI=1S/C16H21NO4/c1-9-6-10(2)13-11(7-9)8-12(14(18)19)17(13)15(20)21-16(3,4)5/h6-7,12H,8H2,1-5H3,(H,18,19)/t12-/m1/s1. The van der Waals surface area contributed by atoms with Gasteiger partial charge in [-0.1, -0.05) is 17.7 Å². The molecule has 1 atom stereocenters. The van der Waals surface area contributed by atoms with E-state index in [-0.39, 0.29) is 0 Å². The summed E-state index contributed by atoms with van der Waals surface area (Å²) >= 11 is 0. The van der Waals surface area contributed by atoms with Crippen molar-refractivity contribution in [3.63, 3.8) is 0 Å². The van der Waals surface area contributed by atoms with Crippen molar-refractivity contribution < 1.29 is 19.4 Å². The summed E-state index contributed by atoms with van der Waals surface area (Å²) in [7, 11) is 0. The van der Waals surface area contributed by atoms with Crippen LogP contribution in [0.2, 0.25) is 0 Å². The number of carbonyl (C=O) groups excluding carboxylic acids is 1.